The Hall–Kier alpha value is -2.35. The number of para-hydroxylation sites is 1. The molecule has 2 heteroatoms. The van der Waals surface area contributed by atoms with Crippen LogP contribution in [0.15, 0.2) is 72.5 Å². The highest BCUT2D eigenvalue weighted by molar-refractivity contribution is 5.73. The number of aryl methyl sites for hydroxylation is 1. The summed E-state index contributed by atoms with van der Waals surface area (Å²) in [6.45, 7) is 2.24. The molecule has 2 atom stereocenters. The standard InChI is InChI=1S/C19H19N2/c1-14-8-7-10-16-15-9-3-4-11-17(15)21(19(14)16)18-12-5-6-13-20(18)2/h3-13,16,19H,1-2H3/q+1. The second-order valence-electron chi connectivity index (χ2n) is 5.86. The lowest BCUT2D eigenvalue weighted by molar-refractivity contribution is -0.658. The largest absolute Gasteiger partial charge is 0.281 e. The molecule has 1 aromatic heterocycles. The van der Waals surface area contributed by atoms with Crippen LogP contribution in [-0.4, -0.2) is 6.04 Å². The molecule has 2 aromatic rings. The first-order valence-electron chi connectivity index (χ1n) is 7.45. The van der Waals surface area contributed by atoms with E-state index >= 15 is 0 Å². The van der Waals surface area contributed by atoms with E-state index in [-0.39, 0.29) is 0 Å². The minimum Gasteiger partial charge on any atom is -0.237 e. The molecule has 0 saturated carbocycles. The lowest BCUT2D eigenvalue weighted by Gasteiger charge is -2.26. The third-order valence-corrected chi connectivity index (χ3v) is 4.59. The van der Waals surface area contributed by atoms with Crippen molar-refractivity contribution in [3.8, 4) is 0 Å². The second-order valence-corrected chi connectivity index (χ2v) is 5.86. The van der Waals surface area contributed by atoms with Crippen molar-refractivity contribution in [2.75, 3.05) is 4.90 Å². The van der Waals surface area contributed by atoms with Crippen LogP contribution in [-0.2, 0) is 7.05 Å². The van der Waals surface area contributed by atoms with Gasteiger partial charge in [0.1, 0.15) is 11.7 Å². The zero-order valence-corrected chi connectivity index (χ0v) is 12.4. The van der Waals surface area contributed by atoms with Crippen molar-refractivity contribution in [2.24, 2.45) is 7.05 Å². The van der Waals surface area contributed by atoms with Gasteiger partial charge in [-0.2, -0.15) is 0 Å². The number of aromatic nitrogens is 1. The van der Waals surface area contributed by atoms with Crippen LogP contribution in [0.4, 0.5) is 11.5 Å². The van der Waals surface area contributed by atoms with Gasteiger partial charge < -0.3 is 0 Å². The van der Waals surface area contributed by atoms with Gasteiger partial charge in [0.2, 0.25) is 0 Å². The second kappa shape index (κ2) is 4.59. The maximum absolute atomic E-state index is 2.48. The van der Waals surface area contributed by atoms with Crippen molar-refractivity contribution < 1.29 is 4.57 Å². The van der Waals surface area contributed by atoms with Crippen molar-refractivity contribution in [3.63, 3.8) is 0 Å². The first-order valence-corrected chi connectivity index (χ1v) is 7.45. The van der Waals surface area contributed by atoms with Gasteiger partial charge in [0, 0.05) is 11.6 Å². The van der Waals surface area contributed by atoms with E-state index in [0.29, 0.717) is 12.0 Å². The molecule has 2 aliphatic rings. The van der Waals surface area contributed by atoms with Crippen molar-refractivity contribution in [2.45, 2.75) is 18.9 Å². The van der Waals surface area contributed by atoms with E-state index in [1.54, 1.807) is 0 Å². The van der Waals surface area contributed by atoms with Crippen molar-refractivity contribution in [1.29, 1.82) is 0 Å². The number of fused-ring (bicyclic) bond motifs is 3. The third-order valence-electron chi connectivity index (χ3n) is 4.59. The van der Waals surface area contributed by atoms with E-state index in [0.717, 1.165) is 0 Å². The molecule has 1 aliphatic heterocycles. The van der Waals surface area contributed by atoms with Crippen molar-refractivity contribution >= 4 is 11.5 Å². The Morgan fingerprint density at radius 1 is 1.05 bits per heavy atom. The Kier molecular flexibility index (Phi) is 2.71. The molecule has 0 bridgehead atoms. The van der Waals surface area contributed by atoms with Crippen molar-refractivity contribution in [1.82, 2.24) is 0 Å². The molecule has 2 heterocycles. The monoisotopic (exact) mass is 275 g/mol. The average molecular weight is 275 g/mol. The van der Waals surface area contributed by atoms with Crippen LogP contribution < -0.4 is 9.47 Å². The molecular weight excluding hydrogens is 256 g/mol. The molecule has 1 aromatic carbocycles. The Morgan fingerprint density at radius 3 is 2.71 bits per heavy atom. The topological polar surface area (TPSA) is 7.12 Å². The summed E-state index contributed by atoms with van der Waals surface area (Å²) in [6, 6.07) is 15.6. The molecule has 2 unspecified atom stereocenters. The summed E-state index contributed by atoms with van der Waals surface area (Å²) in [4.78, 5) is 2.48. The predicted molar refractivity (Wildman–Crippen MR) is 85.6 cm³/mol. The van der Waals surface area contributed by atoms with Gasteiger partial charge in [-0.25, -0.2) is 9.47 Å². The summed E-state index contributed by atoms with van der Waals surface area (Å²) in [5.41, 5.74) is 4.17. The molecule has 0 radical (unpaired) electrons. The van der Waals surface area contributed by atoms with Crippen LogP contribution in [0.2, 0.25) is 0 Å². The molecule has 0 spiro atoms. The van der Waals surface area contributed by atoms with Crippen molar-refractivity contribution in [3.05, 3.63) is 78.0 Å². The van der Waals surface area contributed by atoms with Crippen LogP contribution >= 0.6 is 0 Å². The van der Waals surface area contributed by atoms with Gasteiger partial charge in [-0.1, -0.05) is 42.5 Å². The Bertz CT molecular complexity index is 758. The van der Waals surface area contributed by atoms with E-state index in [4.69, 9.17) is 0 Å². The number of rotatable bonds is 1. The number of benzene rings is 1. The third kappa shape index (κ3) is 1.75. The molecular formula is C19H19N2+. The van der Waals surface area contributed by atoms with Gasteiger partial charge in [-0.15, -0.1) is 0 Å². The molecule has 0 amide bonds. The molecule has 104 valence electrons. The van der Waals surface area contributed by atoms with Gasteiger partial charge in [0.25, 0.3) is 5.82 Å². The molecule has 0 saturated heterocycles. The molecule has 2 nitrogen and oxygen atoms in total. The van der Waals surface area contributed by atoms with Crippen LogP contribution in [0.5, 0.6) is 0 Å². The molecule has 4 rings (SSSR count). The van der Waals surface area contributed by atoms with E-state index in [2.05, 4.69) is 90.3 Å². The van der Waals surface area contributed by atoms with Crippen LogP contribution in [0.3, 0.4) is 0 Å². The van der Waals surface area contributed by atoms with Gasteiger partial charge in [-0.3, -0.25) is 0 Å². The van der Waals surface area contributed by atoms with E-state index in [1.165, 1.54) is 22.6 Å². The number of pyridine rings is 1. The quantitative estimate of drug-likeness (QED) is 0.721. The SMILES string of the molecule is CC1=CC=CC2c3ccccc3N(c3cccc[n+]3C)C12. The first kappa shape index (κ1) is 12.4. The summed E-state index contributed by atoms with van der Waals surface area (Å²) in [7, 11) is 2.11. The number of allylic oxidation sites excluding steroid dienone is 2. The molecule has 21 heavy (non-hydrogen) atoms. The highest BCUT2D eigenvalue weighted by Crippen LogP contribution is 2.48. The van der Waals surface area contributed by atoms with Crippen LogP contribution in [0.25, 0.3) is 0 Å². The lowest BCUT2D eigenvalue weighted by Crippen LogP contribution is -2.41. The van der Waals surface area contributed by atoms with Gasteiger partial charge in [-0.05, 0) is 24.6 Å². The Morgan fingerprint density at radius 2 is 1.86 bits per heavy atom. The number of hydrogen-bond donors (Lipinski definition) is 0. The summed E-state index contributed by atoms with van der Waals surface area (Å²) < 4.78 is 2.20. The number of anilines is 2. The summed E-state index contributed by atoms with van der Waals surface area (Å²) in [5.74, 6) is 1.69. The minimum atomic E-state index is 0.390. The number of nitrogens with zero attached hydrogens (tertiary/aromatic N) is 2. The maximum atomic E-state index is 2.48. The van der Waals surface area contributed by atoms with E-state index in [1.807, 2.05) is 0 Å². The Balaban J connectivity index is 1.95. The zero-order valence-electron chi connectivity index (χ0n) is 12.4. The van der Waals surface area contributed by atoms with Crippen LogP contribution in [0, 0.1) is 0 Å². The van der Waals surface area contributed by atoms with E-state index < -0.39 is 0 Å². The normalized spacial score (nSPS) is 22.8. The average Bonchev–Trinajstić information content (AvgIpc) is 2.84. The smallest absolute Gasteiger partial charge is 0.237 e. The fourth-order valence-corrected chi connectivity index (χ4v) is 3.62. The summed E-state index contributed by atoms with van der Waals surface area (Å²) in [6.07, 6.45) is 8.88. The highest BCUT2D eigenvalue weighted by Gasteiger charge is 2.45. The predicted octanol–water partition coefficient (Wildman–Crippen LogP) is 3.63. The summed E-state index contributed by atoms with van der Waals surface area (Å²) >= 11 is 0. The fourth-order valence-electron chi connectivity index (χ4n) is 3.62. The fraction of sp³-hybridized carbons (Fsp3) is 0.211. The van der Waals surface area contributed by atoms with Gasteiger partial charge in [0.05, 0.1) is 19.2 Å². The Labute approximate surface area is 125 Å². The molecule has 1 aliphatic carbocycles. The number of hydrogen-bond acceptors (Lipinski definition) is 1. The van der Waals surface area contributed by atoms with Gasteiger partial charge in [0.15, 0.2) is 0 Å². The lowest BCUT2D eigenvalue weighted by atomic mass is 9.87. The van der Waals surface area contributed by atoms with Crippen LogP contribution in [0.1, 0.15) is 18.4 Å². The summed E-state index contributed by atoms with van der Waals surface area (Å²) in [5, 5.41) is 0. The highest BCUT2D eigenvalue weighted by atomic mass is 15.3. The molecule has 0 N–H and O–H groups in total. The zero-order chi connectivity index (χ0) is 14.4. The molecule has 0 fully saturated rings. The maximum Gasteiger partial charge on any atom is 0.281 e. The van der Waals surface area contributed by atoms with E-state index in [9.17, 15) is 0 Å². The van der Waals surface area contributed by atoms with Gasteiger partial charge >= 0.3 is 0 Å². The minimum absolute atomic E-state index is 0.390. The first-order chi connectivity index (χ1) is 10.3.